The fourth-order valence-electron chi connectivity index (χ4n) is 1.83. The first-order chi connectivity index (χ1) is 10.2. The lowest BCUT2D eigenvalue weighted by atomic mass is 10.2. The van der Waals surface area contributed by atoms with Crippen molar-refractivity contribution in [2.45, 2.75) is 12.6 Å². The average molecular weight is 286 g/mol. The number of nitrogens with zero attached hydrogens (tertiary/aromatic N) is 3. The van der Waals surface area contributed by atoms with E-state index < -0.39 is 6.10 Å². The van der Waals surface area contributed by atoms with Crippen LogP contribution in [0.1, 0.15) is 11.3 Å². The Balaban J connectivity index is 1.69. The molecule has 2 N–H and O–H groups in total. The zero-order valence-electron chi connectivity index (χ0n) is 11.9. The van der Waals surface area contributed by atoms with Gasteiger partial charge in [0.1, 0.15) is 18.5 Å². The standard InChI is InChI=1S/C15H18N4O2/c1-19-6-5-13(18-19)9-17-10-14(20)11-21-15-4-2-3-12(7-15)8-16/h2-7,14,17,20H,9-11H2,1H3. The molecule has 2 aromatic rings. The van der Waals surface area contributed by atoms with Gasteiger partial charge in [0.25, 0.3) is 0 Å². The van der Waals surface area contributed by atoms with Crippen molar-refractivity contribution >= 4 is 0 Å². The summed E-state index contributed by atoms with van der Waals surface area (Å²) in [4.78, 5) is 0. The molecule has 6 nitrogen and oxygen atoms in total. The highest BCUT2D eigenvalue weighted by Gasteiger charge is 2.06. The van der Waals surface area contributed by atoms with Gasteiger partial charge < -0.3 is 15.2 Å². The van der Waals surface area contributed by atoms with Crippen molar-refractivity contribution in [2.24, 2.45) is 7.05 Å². The Morgan fingerprint density at radius 1 is 1.48 bits per heavy atom. The summed E-state index contributed by atoms with van der Waals surface area (Å²) in [6.07, 6.45) is 1.25. The summed E-state index contributed by atoms with van der Waals surface area (Å²) >= 11 is 0. The van der Waals surface area contributed by atoms with Crippen molar-refractivity contribution in [2.75, 3.05) is 13.2 Å². The molecule has 0 amide bonds. The van der Waals surface area contributed by atoms with E-state index in [4.69, 9.17) is 10.00 Å². The highest BCUT2D eigenvalue weighted by Crippen LogP contribution is 2.12. The minimum Gasteiger partial charge on any atom is -0.491 e. The molecule has 0 saturated carbocycles. The Kier molecular flexibility index (Phi) is 5.32. The highest BCUT2D eigenvalue weighted by atomic mass is 16.5. The van der Waals surface area contributed by atoms with Gasteiger partial charge in [0.15, 0.2) is 0 Å². The summed E-state index contributed by atoms with van der Waals surface area (Å²) in [6.45, 7) is 1.18. The third kappa shape index (κ3) is 4.91. The Morgan fingerprint density at radius 3 is 3.05 bits per heavy atom. The van der Waals surface area contributed by atoms with Crippen LogP contribution in [0.5, 0.6) is 5.75 Å². The molecule has 0 aliphatic heterocycles. The summed E-state index contributed by atoms with van der Waals surface area (Å²) in [5.74, 6) is 0.581. The Labute approximate surface area is 123 Å². The lowest BCUT2D eigenvalue weighted by Gasteiger charge is -2.13. The second kappa shape index (κ2) is 7.43. The largest absolute Gasteiger partial charge is 0.491 e. The van der Waals surface area contributed by atoms with Gasteiger partial charge in [0.05, 0.1) is 17.3 Å². The average Bonchev–Trinajstić information content (AvgIpc) is 2.91. The normalized spacial score (nSPS) is 11.9. The van der Waals surface area contributed by atoms with Crippen LogP contribution in [-0.2, 0) is 13.6 Å². The molecule has 0 saturated heterocycles. The monoisotopic (exact) mass is 286 g/mol. The van der Waals surface area contributed by atoms with E-state index in [1.54, 1.807) is 28.9 Å². The van der Waals surface area contributed by atoms with Crippen LogP contribution in [0.15, 0.2) is 36.5 Å². The van der Waals surface area contributed by atoms with Crippen molar-refractivity contribution < 1.29 is 9.84 Å². The SMILES string of the molecule is Cn1ccc(CNCC(O)COc2cccc(C#N)c2)n1. The molecular weight excluding hydrogens is 268 g/mol. The third-order valence-electron chi connectivity index (χ3n) is 2.86. The first-order valence-corrected chi connectivity index (χ1v) is 6.67. The molecule has 1 aromatic carbocycles. The number of aliphatic hydroxyl groups excluding tert-OH is 1. The molecule has 6 heteroatoms. The maximum Gasteiger partial charge on any atom is 0.120 e. The van der Waals surface area contributed by atoms with Gasteiger partial charge in [-0.1, -0.05) is 6.07 Å². The van der Waals surface area contributed by atoms with Crippen LogP contribution in [0, 0.1) is 11.3 Å². The molecule has 0 fully saturated rings. The van der Waals surface area contributed by atoms with E-state index >= 15 is 0 Å². The predicted molar refractivity (Wildman–Crippen MR) is 77.6 cm³/mol. The van der Waals surface area contributed by atoms with Crippen molar-refractivity contribution in [3.8, 4) is 11.8 Å². The van der Waals surface area contributed by atoms with Gasteiger partial charge in [-0.25, -0.2) is 0 Å². The molecule has 0 spiro atoms. The van der Waals surface area contributed by atoms with Crippen LogP contribution in [-0.4, -0.2) is 34.1 Å². The topological polar surface area (TPSA) is 83.1 Å². The molecular formula is C15H18N4O2. The Bertz CT molecular complexity index is 618. The molecule has 0 aliphatic carbocycles. The van der Waals surface area contributed by atoms with Gasteiger partial charge in [-0.05, 0) is 24.3 Å². The number of aliphatic hydroxyl groups is 1. The van der Waals surface area contributed by atoms with Crippen LogP contribution in [0.4, 0.5) is 0 Å². The van der Waals surface area contributed by atoms with E-state index in [0.717, 1.165) is 5.69 Å². The summed E-state index contributed by atoms with van der Waals surface area (Å²) in [7, 11) is 1.86. The number of aromatic nitrogens is 2. The van der Waals surface area contributed by atoms with E-state index in [2.05, 4.69) is 10.4 Å². The molecule has 1 unspecified atom stereocenters. The number of nitrogens with one attached hydrogen (secondary N) is 1. The predicted octanol–water partition coefficient (Wildman–Crippen LogP) is 0.821. The smallest absolute Gasteiger partial charge is 0.120 e. The van der Waals surface area contributed by atoms with Crippen LogP contribution in [0.25, 0.3) is 0 Å². The van der Waals surface area contributed by atoms with Crippen LogP contribution in [0.3, 0.4) is 0 Å². The molecule has 21 heavy (non-hydrogen) atoms. The molecule has 1 heterocycles. The summed E-state index contributed by atoms with van der Waals surface area (Å²) in [6, 6.07) is 10.8. The lowest BCUT2D eigenvalue weighted by Crippen LogP contribution is -2.31. The number of hydrogen-bond acceptors (Lipinski definition) is 5. The van der Waals surface area contributed by atoms with Gasteiger partial charge in [-0.15, -0.1) is 0 Å². The van der Waals surface area contributed by atoms with E-state index in [9.17, 15) is 5.11 Å². The molecule has 2 rings (SSSR count). The molecule has 0 radical (unpaired) electrons. The van der Waals surface area contributed by atoms with Crippen LogP contribution < -0.4 is 10.1 Å². The Morgan fingerprint density at radius 2 is 2.33 bits per heavy atom. The fraction of sp³-hybridized carbons (Fsp3) is 0.333. The van der Waals surface area contributed by atoms with Crippen molar-refractivity contribution in [3.05, 3.63) is 47.8 Å². The molecule has 110 valence electrons. The zero-order chi connectivity index (χ0) is 15.1. The number of aryl methyl sites for hydroxylation is 1. The number of hydrogen-bond donors (Lipinski definition) is 2. The van der Waals surface area contributed by atoms with Gasteiger partial charge in [-0.3, -0.25) is 4.68 Å². The minimum atomic E-state index is -0.626. The minimum absolute atomic E-state index is 0.171. The van der Waals surface area contributed by atoms with Gasteiger partial charge >= 0.3 is 0 Å². The number of benzene rings is 1. The fourth-order valence-corrected chi connectivity index (χ4v) is 1.83. The lowest BCUT2D eigenvalue weighted by molar-refractivity contribution is 0.106. The van der Waals surface area contributed by atoms with Gasteiger partial charge in [-0.2, -0.15) is 10.4 Å². The Hall–Kier alpha value is -2.36. The van der Waals surface area contributed by atoms with Crippen LogP contribution >= 0.6 is 0 Å². The molecule has 0 aliphatic rings. The van der Waals surface area contributed by atoms with Crippen molar-refractivity contribution in [1.29, 1.82) is 5.26 Å². The van der Waals surface area contributed by atoms with E-state index in [-0.39, 0.29) is 6.61 Å². The van der Waals surface area contributed by atoms with Crippen molar-refractivity contribution in [3.63, 3.8) is 0 Å². The zero-order valence-corrected chi connectivity index (χ0v) is 11.9. The first-order valence-electron chi connectivity index (χ1n) is 6.67. The number of rotatable bonds is 7. The third-order valence-corrected chi connectivity index (χ3v) is 2.86. The summed E-state index contributed by atoms with van der Waals surface area (Å²) < 4.78 is 7.19. The molecule has 1 atom stereocenters. The number of ether oxygens (including phenoxy) is 1. The maximum absolute atomic E-state index is 9.84. The summed E-state index contributed by atoms with van der Waals surface area (Å²) in [5.41, 5.74) is 1.46. The van der Waals surface area contributed by atoms with Gasteiger partial charge in [0.2, 0.25) is 0 Å². The van der Waals surface area contributed by atoms with Crippen LogP contribution in [0.2, 0.25) is 0 Å². The van der Waals surface area contributed by atoms with E-state index in [1.807, 2.05) is 25.4 Å². The van der Waals surface area contributed by atoms with E-state index in [0.29, 0.717) is 24.4 Å². The maximum atomic E-state index is 9.84. The van der Waals surface area contributed by atoms with E-state index in [1.165, 1.54) is 0 Å². The second-order valence-electron chi connectivity index (χ2n) is 4.72. The molecule has 0 bridgehead atoms. The molecule has 1 aromatic heterocycles. The highest BCUT2D eigenvalue weighted by molar-refractivity contribution is 5.36. The van der Waals surface area contributed by atoms with Gasteiger partial charge in [0, 0.05) is 26.3 Å². The quantitative estimate of drug-likeness (QED) is 0.787. The number of nitriles is 1. The first kappa shape index (κ1) is 15.0. The summed E-state index contributed by atoms with van der Waals surface area (Å²) in [5, 5.41) is 26.0. The second-order valence-corrected chi connectivity index (χ2v) is 4.72. The van der Waals surface area contributed by atoms with Crippen molar-refractivity contribution in [1.82, 2.24) is 15.1 Å².